The fourth-order valence-electron chi connectivity index (χ4n) is 7.66. The fraction of sp³-hybridized carbons (Fsp3) is 0.318. The van der Waals surface area contributed by atoms with Crippen molar-refractivity contribution in [2.75, 3.05) is 28.5 Å². The molecule has 13 rings (SSSR count). The number of hydrogen-bond donors (Lipinski definition) is 6. The fourth-order valence-corrected chi connectivity index (χ4v) is 8.60. The number of hydrogen-bond acceptors (Lipinski definition) is 22. The monoisotopic (exact) mass is 1060 g/mol. The Balaban J connectivity index is 0.000000121. The van der Waals surface area contributed by atoms with Crippen molar-refractivity contribution in [2.24, 2.45) is 0 Å². The van der Waals surface area contributed by atoms with Gasteiger partial charge in [-0.2, -0.15) is 58.7 Å². The number of imidazole rings is 1. The largest absolute Gasteiger partial charge is 0.351 e. The van der Waals surface area contributed by atoms with Crippen molar-refractivity contribution in [3.63, 3.8) is 0 Å². The number of sulfone groups is 1. The van der Waals surface area contributed by atoms with Gasteiger partial charge in [-0.25, -0.2) is 13.4 Å². The molecule has 0 spiro atoms. The summed E-state index contributed by atoms with van der Waals surface area (Å²) >= 11 is 0. The van der Waals surface area contributed by atoms with Crippen LogP contribution >= 0.6 is 0 Å². The van der Waals surface area contributed by atoms with E-state index in [2.05, 4.69) is 82.1 Å². The Hall–Kier alpha value is -9.00. The normalized spacial score (nSPS) is 19.6. The molecule has 7 aromatic rings. The summed E-state index contributed by atoms with van der Waals surface area (Å²) in [5.74, 6) is -0.491. The number of nitrogens with zero attached hydrogens (tertiary/aromatic N) is 14. The zero-order chi connectivity index (χ0) is 52.3. The maximum Gasteiger partial charge on any atom is 0.254 e. The molecule has 6 amide bonds. The maximum absolute atomic E-state index is 11.9. The van der Waals surface area contributed by atoms with Crippen LogP contribution in [0.4, 0.5) is 17.8 Å². The van der Waals surface area contributed by atoms with Gasteiger partial charge in [0.2, 0.25) is 56.5 Å². The molecule has 1 atom stereocenters. The molecule has 6 N–H and O–H groups in total. The van der Waals surface area contributed by atoms with E-state index in [0.29, 0.717) is 69.1 Å². The number of anilines is 3. The second-order valence-electron chi connectivity index (χ2n) is 18.1. The number of amides is 6. The lowest BCUT2D eigenvalue weighted by atomic mass is 10.1. The predicted octanol–water partition coefficient (Wildman–Crippen LogP) is -0.288. The molecule has 3 aliphatic carbocycles. The van der Waals surface area contributed by atoms with E-state index in [0.717, 1.165) is 44.8 Å². The molecule has 0 radical (unpaired) electrons. The van der Waals surface area contributed by atoms with Crippen molar-refractivity contribution in [3.05, 3.63) is 70.7 Å². The molecule has 1 unspecified atom stereocenters. The highest BCUT2D eigenvalue weighted by Crippen LogP contribution is 2.29. The molecule has 384 valence electrons. The molecule has 6 aliphatic rings. The van der Waals surface area contributed by atoms with E-state index >= 15 is 0 Å². The molecule has 3 saturated carbocycles. The molecule has 3 aliphatic heterocycles. The minimum Gasteiger partial charge on any atom is -0.351 e. The van der Waals surface area contributed by atoms with Gasteiger partial charge in [0.05, 0.1) is 48.7 Å². The topological polar surface area (TPSA) is 373 Å². The smallest absolute Gasteiger partial charge is 0.254 e. The quantitative estimate of drug-likeness (QED) is 0.0676. The van der Waals surface area contributed by atoms with Crippen LogP contribution < -0.4 is 31.9 Å². The van der Waals surface area contributed by atoms with Gasteiger partial charge in [-0.15, -0.1) is 0 Å². The summed E-state index contributed by atoms with van der Waals surface area (Å²) in [5.41, 5.74) is 3.91. The van der Waals surface area contributed by atoms with Crippen LogP contribution in [0.25, 0.3) is 41.1 Å². The SMILES string of the molecule is CS(=O)(=O)c1nc(NC2CC2)n2ncc(/C=C3\CC(=O)NC3=O)c2n1.CS(=O)c1nc(NC2CC2)n2ncc(/C=C3\CC(=O)NC3=O)c2n1.O=C1C/C(=C\c2cnn3c(NC4CC4)nc(-n4ccnc4)nc23)C(=O)N1. The van der Waals surface area contributed by atoms with Crippen molar-refractivity contribution >= 4 is 109 Å². The number of nitrogens with one attached hydrogen (secondary N) is 6. The molecule has 7 aromatic heterocycles. The predicted molar refractivity (Wildman–Crippen MR) is 262 cm³/mol. The lowest BCUT2D eigenvalue weighted by molar-refractivity contribution is -0.125. The third-order valence-electron chi connectivity index (χ3n) is 11.9. The van der Waals surface area contributed by atoms with Gasteiger partial charge in [0, 0.05) is 76.4 Å². The Morgan fingerprint density at radius 3 is 1.37 bits per heavy atom. The molecule has 29 nitrogen and oxygen atoms in total. The first-order chi connectivity index (χ1) is 36.0. The number of fused-ring (bicyclic) bond motifs is 3. The van der Waals surface area contributed by atoms with Crippen LogP contribution in [0.3, 0.4) is 0 Å². The Bertz CT molecular complexity index is 3830. The van der Waals surface area contributed by atoms with Crippen molar-refractivity contribution < 1.29 is 41.4 Å². The van der Waals surface area contributed by atoms with Crippen LogP contribution in [0.5, 0.6) is 0 Å². The number of aromatic nitrogens is 14. The highest BCUT2D eigenvalue weighted by Gasteiger charge is 2.30. The molecular formula is C44H42N20O9S2. The van der Waals surface area contributed by atoms with Gasteiger partial charge in [0.1, 0.15) is 6.33 Å². The van der Waals surface area contributed by atoms with Crippen LogP contribution in [-0.4, -0.2) is 147 Å². The minimum atomic E-state index is -3.63. The van der Waals surface area contributed by atoms with E-state index in [9.17, 15) is 41.4 Å². The van der Waals surface area contributed by atoms with Gasteiger partial charge in [-0.1, -0.05) is 0 Å². The lowest BCUT2D eigenvalue weighted by Gasteiger charge is -2.08. The first kappa shape index (κ1) is 48.3. The third-order valence-corrected chi connectivity index (χ3v) is 13.4. The maximum atomic E-state index is 11.9. The zero-order valence-corrected chi connectivity index (χ0v) is 41.2. The lowest BCUT2D eigenvalue weighted by Crippen LogP contribution is -2.19. The van der Waals surface area contributed by atoms with E-state index in [4.69, 9.17) is 0 Å². The average molecular weight is 1060 g/mol. The van der Waals surface area contributed by atoms with Crippen LogP contribution in [0.2, 0.25) is 0 Å². The number of imide groups is 3. The molecule has 31 heteroatoms. The zero-order valence-electron chi connectivity index (χ0n) is 39.5. The summed E-state index contributed by atoms with van der Waals surface area (Å²) in [6.07, 6.45) is 23.2. The van der Waals surface area contributed by atoms with Crippen LogP contribution in [0.15, 0.2) is 64.3 Å². The highest BCUT2D eigenvalue weighted by molar-refractivity contribution is 7.90. The first-order valence-electron chi connectivity index (χ1n) is 23.2. The number of rotatable bonds is 12. The van der Waals surface area contributed by atoms with Crippen LogP contribution in [0.1, 0.15) is 74.5 Å². The molecule has 0 aromatic carbocycles. The minimum absolute atomic E-state index is 0.0288. The van der Waals surface area contributed by atoms with Crippen LogP contribution in [-0.2, 0) is 49.4 Å². The Labute approximate surface area is 424 Å². The van der Waals surface area contributed by atoms with Crippen molar-refractivity contribution in [1.29, 1.82) is 0 Å². The third kappa shape index (κ3) is 10.6. The van der Waals surface area contributed by atoms with E-state index < -0.39 is 32.5 Å². The summed E-state index contributed by atoms with van der Waals surface area (Å²) < 4.78 is 41.8. The van der Waals surface area contributed by atoms with Crippen molar-refractivity contribution in [3.8, 4) is 5.95 Å². The Morgan fingerprint density at radius 2 is 1.00 bits per heavy atom. The van der Waals surface area contributed by atoms with Gasteiger partial charge in [-0.05, 0) is 56.8 Å². The van der Waals surface area contributed by atoms with E-state index in [1.54, 1.807) is 52.3 Å². The number of carbonyl (C=O) groups excluding carboxylic acids is 6. The summed E-state index contributed by atoms with van der Waals surface area (Å²) in [6.45, 7) is 0. The Morgan fingerprint density at radius 1 is 0.587 bits per heavy atom. The second-order valence-corrected chi connectivity index (χ2v) is 21.3. The molecule has 10 heterocycles. The van der Waals surface area contributed by atoms with Gasteiger partial charge in [-0.3, -0.25) is 53.5 Å². The highest BCUT2D eigenvalue weighted by atomic mass is 32.2. The van der Waals surface area contributed by atoms with E-state index in [-0.39, 0.29) is 76.4 Å². The van der Waals surface area contributed by atoms with Gasteiger partial charge >= 0.3 is 0 Å². The average Bonchev–Trinajstić information content (AvgIpc) is 4.25. The van der Waals surface area contributed by atoms with Gasteiger partial charge < -0.3 is 16.0 Å². The first-order valence-corrected chi connectivity index (χ1v) is 26.7. The summed E-state index contributed by atoms with van der Waals surface area (Å²) in [5, 5.41) is 29.1. The van der Waals surface area contributed by atoms with E-state index in [1.165, 1.54) is 27.6 Å². The van der Waals surface area contributed by atoms with Crippen LogP contribution in [0, 0.1) is 0 Å². The molecule has 75 heavy (non-hydrogen) atoms. The van der Waals surface area contributed by atoms with Gasteiger partial charge in [0.25, 0.3) is 22.9 Å². The summed E-state index contributed by atoms with van der Waals surface area (Å²) in [4.78, 5) is 99.2. The van der Waals surface area contributed by atoms with Crippen molar-refractivity contribution in [1.82, 2.24) is 84.2 Å². The second kappa shape index (κ2) is 19.1. The summed E-state index contributed by atoms with van der Waals surface area (Å²) in [7, 11) is -4.99. The van der Waals surface area contributed by atoms with E-state index in [1.807, 2.05) is 0 Å². The number of carbonyl (C=O) groups is 6. The molecular weight excluding hydrogens is 1020 g/mol. The van der Waals surface area contributed by atoms with Gasteiger partial charge in [0.15, 0.2) is 16.9 Å². The molecule has 0 bridgehead atoms. The summed E-state index contributed by atoms with van der Waals surface area (Å²) in [6, 6.07) is 0.952. The molecule has 3 saturated heterocycles. The molecule has 6 fully saturated rings. The Kier molecular flexibility index (Phi) is 12.3. The van der Waals surface area contributed by atoms with Crippen molar-refractivity contribution in [2.45, 2.75) is 86.2 Å². The standard InChI is InChI=1S/C16H14N8O2.C14H14N6O4S.C14H14N6O3S/c25-12-6-9(14(26)20-12)5-10-7-18-24-13(10)21-15(23-4-3-17-8-23)22-16(24)19-11-1-2-11;1-25(23,24)14-18-11-8(4-7-5-10(21)17-12(7)22)6-15-20(11)13(19-14)16-9-2-3-9;1-24(23)14-18-11-8(4-7-5-10(21)17-12(7)22)6-15-20(11)13(19-14)16-9-2-3-9/h3-5,7-8,11H,1-2,6H2,(H,19,21,22)(H,20,25,26);4,6,9H,2-3,5H2,1H3,(H,16,18,19)(H,17,21,22);4,6,9H,2-3,5H2,1H3,(H,16,18,19)(H,17,21,22)/b9-5+;2*7-4+.